The van der Waals surface area contributed by atoms with Gasteiger partial charge in [-0.05, 0) is 83.6 Å². The molecule has 2 aromatic rings. The van der Waals surface area contributed by atoms with Crippen molar-refractivity contribution in [1.82, 2.24) is 15.5 Å². The molecule has 2 rings (SSSR count). The summed E-state index contributed by atoms with van der Waals surface area (Å²) in [7, 11) is 0. The monoisotopic (exact) mass is 667 g/mol. The fourth-order valence-electron chi connectivity index (χ4n) is 5.25. The van der Waals surface area contributed by atoms with Gasteiger partial charge in [0.05, 0.1) is 0 Å². The molecule has 10 nitrogen and oxygen atoms in total. The SMILES string of the molecule is CCCCCCN(C(=O)C(CC(C)C)NC(=O)OC(C)(C)C)C(C(=O)NC(Cc1ccccc1)C(=O)OC(C)(C)C)c1cccc(O)c1. The van der Waals surface area contributed by atoms with Crippen LogP contribution < -0.4 is 10.6 Å². The van der Waals surface area contributed by atoms with Gasteiger partial charge in [-0.1, -0.05) is 82.5 Å². The fourth-order valence-corrected chi connectivity index (χ4v) is 5.25. The zero-order valence-corrected chi connectivity index (χ0v) is 30.3. The zero-order chi connectivity index (χ0) is 36.1. The van der Waals surface area contributed by atoms with Gasteiger partial charge in [-0.15, -0.1) is 0 Å². The van der Waals surface area contributed by atoms with E-state index in [9.17, 15) is 24.3 Å². The maximum atomic E-state index is 14.6. The minimum atomic E-state index is -1.23. The van der Waals surface area contributed by atoms with Gasteiger partial charge in [0.25, 0.3) is 0 Å². The Hall–Kier alpha value is -4.08. The lowest BCUT2D eigenvalue weighted by atomic mass is 9.98. The number of hydrogen-bond acceptors (Lipinski definition) is 7. The van der Waals surface area contributed by atoms with Crippen LogP contribution in [0, 0.1) is 5.92 Å². The van der Waals surface area contributed by atoms with Crippen LogP contribution in [0.25, 0.3) is 0 Å². The predicted octanol–water partition coefficient (Wildman–Crippen LogP) is 6.85. The summed E-state index contributed by atoms with van der Waals surface area (Å²) in [6, 6.07) is 12.2. The van der Waals surface area contributed by atoms with Crippen LogP contribution in [0.15, 0.2) is 54.6 Å². The lowest BCUT2D eigenvalue weighted by molar-refractivity contribution is -0.159. The van der Waals surface area contributed by atoms with E-state index >= 15 is 0 Å². The first-order valence-electron chi connectivity index (χ1n) is 17.1. The van der Waals surface area contributed by atoms with Gasteiger partial charge in [-0.3, -0.25) is 9.59 Å². The molecule has 3 N–H and O–H groups in total. The molecule has 266 valence electrons. The fraction of sp³-hybridized carbons (Fsp3) is 0.579. The summed E-state index contributed by atoms with van der Waals surface area (Å²) in [5, 5.41) is 16.1. The Bertz CT molecular complexity index is 1330. The molecule has 0 saturated carbocycles. The van der Waals surface area contributed by atoms with Crippen LogP contribution in [0.4, 0.5) is 4.79 Å². The topological polar surface area (TPSA) is 134 Å². The smallest absolute Gasteiger partial charge is 0.408 e. The lowest BCUT2D eigenvalue weighted by Gasteiger charge is -2.36. The highest BCUT2D eigenvalue weighted by atomic mass is 16.6. The third-order valence-corrected chi connectivity index (χ3v) is 7.27. The minimum absolute atomic E-state index is 0.0197. The van der Waals surface area contributed by atoms with E-state index in [4.69, 9.17) is 9.47 Å². The van der Waals surface area contributed by atoms with Gasteiger partial charge in [-0.2, -0.15) is 0 Å². The Morgan fingerprint density at radius 2 is 1.46 bits per heavy atom. The van der Waals surface area contributed by atoms with Gasteiger partial charge in [0.2, 0.25) is 11.8 Å². The predicted molar refractivity (Wildman–Crippen MR) is 187 cm³/mol. The van der Waals surface area contributed by atoms with Crippen molar-refractivity contribution in [3.8, 4) is 5.75 Å². The number of hydrogen-bond donors (Lipinski definition) is 3. The number of nitrogens with zero attached hydrogens (tertiary/aromatic N) is 1. The molecule has 3 unspecified atom stereocenters. The number of amides is 3. The van der Waals surface area contributed by atoms with Crippen molar-refractivity contribution < 1.29 is 33.8 Å². The molecular formula is C38H57N3O7. The number of unbranched alkanes of at least 4 members (excludes halogenated alkanes) is 3. The number of nitrogens with one attached hydrogen (secondary N) is 2. The maximum Gasteiger partial charge on any atom is 0.408 e. The molecule has 2 aromatic carbocycles. The Morgan fingerprint density at radius 1 is 0.812 bits per heavy atom. The van der Waals surface area contributed by atoms with E-state index in [2.05, 4.69) is 17.6 Å². The standard InChI is InChI=1S/C38H57N3O7/c1-10-11-12-16-22-41(34(44)30(23-26(2)3)40-36(46)48-38(7,8)9)32(28-20-17-21-29(42)25-28)33(43)39-31(35(45)47-37(4,5)6)24-27-18-14-13-15-19-27/h13-15,17-21,25-26,30-32,42H,10-12,16,22-24H2,1-9H3,(H,39,43)(H,40,46). The highest BCUT2D eigenvalue weighted by molar-refractivity contribution is 5.94. The number of aromatic hydroxyl groups is 1. The average Bonchev–Trinajstić information content (AvgIpc) is 2.96. The summed E-state index contributed by atoms with van der Waals surface area (Å²) in [5.41, 5.74) is -0.414. The third-order valence-electron chi connectivity index (χ3n) is 7.27. The summed E-state index contributed by atoms with van der Waals surface area (Å²) < 4.78 is 11.2. The third kappa shape index (κ3) is 14.4. The molecule has 0 fully saturated rings. The van der Waals surface area contributed by atoms with Gasteiger partial charge in [0.1, 0.15) is 35.1 Å². The molecule has 10 heteroatoms. The second kappa shape index (κ2) is 18.5. The molecule has 48 heavy (non-hydrogen) atoms. The van der Waals surface area contributed by atoms with Gasteiger partial charge in [0.15, 0.2) is 0 Å². The van der Waals surface area contributed by atoms with E-state index in [0.29, 0.717) is 18.4 Å². The highest BCUT2D eigenvalue weighted by Gasteiger charge is 2.38. The largest absolute Gasteiger partial charge is 0.508 e. The molecule has 0 heterocycles. The van der Waals surface area contributed by atoms with Crippen molar-refractivity contribution in [1.29, 1.82) is 0 Å². The summed E-state index contributed by atoms with van der Waals surface area (Å²) in [4.78, 5) is 57.0. The van der Waals surface area contributed by atoms with Crippen LogP contribution in [0.1, 0.15) is 112 Å². The van der Waals surface area contributed by atoms with Crippen molar-refractivity contribution in [3.63, 3.8) is 0 Å². The van der Waals surface area contributed by atoms with Crippen LogP contribution in [-0.2, 0) is 30.3 Å². The number of carbonyl (C=O) groups excluding carboxylic acids is 4. The Labute approximate surface area is 287 Å². The molecule has 0 radical (unpaired) electrons. The molecule has 0 aliphatic carbocycles. The minimum Gasteiger partial charge on any atom is -0.508 e. The number of esters is 1. The molecule has 0 aliphatic rings. The zero-order valence-electron chi connectivity index (χ0n) is 30.3. The van der Waals surface area contributed by atoms with E-state index in [0.717, 1.165) is 24.8 Å². The number of carbonyl (C=O) groups is 4. The Balaban J connectivity index is 2.63. The Kier molecular flexibility index (Phi) is 15.4. The molecule has 0 aliphatic heterocycles. The van der Waals surface area contributed by atoms with Crippen LogP contribution in [0.2, 0.25) is 0 Å². The van der Waals surface area contributed by atoms with Gasteiger partial charge in [-0.25, -0.2) is 9.59 Å². The summed E-state index contributed by atoms with van der Waals surface area (Å²) in [5.74, 6) is -1.75. The van der Waals surface area contributed by atoms with Crippen molar-refractivity contribution in [2.45, 2.75) is 130 Å². The van der Waals surface area contributed by atoms with Crippen molar-refractivity contribution in [3.05, 3.63) is 65.7 Å². The number of phenols is 1. The van der Waals surface area contributed by atoms with Crippen LogP contribution in [-0.4, -0.2) is 63.7 Å². The highest BCUT2D eigenvalue weighted by Crippen LogP contribution is 2.28. The summed E-state index contributed by atoms with van der Waals surface area (Å²) in [6.45, 7) is 16.7. The maximum absolute atomic E-state index is 14.6. The average molecular weight is 668 g/mol. The van der Waals surface area contributed by atoms with Gasteiger partial charge < -0.3 is 30.1 Å². The first-order chi connectivity index (χ1) is 22.4. The van der Waals surface area contributed by atoms with Crippen LogP contribution in [0.3, 0.4) is 0 Å². The quantitative estimate of drug-likeness (QED) is 0.132. The molecule has 0 bridgehead atoms. The van der Waals surface area contributed by atoms with E-state index in [1.165, 1.54) is 17.0 Å². The van der Waals surface area contributed by atoms with Crippen molar-refractivity contribution in [2.24, 2.45) is 5.92 Å². The molecule has 0 aromatic heterocycles. The van der Waals surface area contributed by atoms with Gasteiger partial charge >= 0.3 is 12.1 Å². The molecule has 3 atom stereocenters. The Morgan fingerprint density at radius 3 is 2.02 bits per heavy atom. The van der Waals surface area contributed by atoms with Crippen molar-refractivity contribution in [2.75, 3.05) is 6.54 Å². The first-order valence-corrected chi connectivity index (χ1v) is 17.1. The number of phenolic OH excluding ortho intramolecular Hbond substituents is 1. The number of benzene rings is 2. The molecule has 0 spiro atoms. The van der Waals surface area contributed by atoms with Crippen molar-refractivity contribution >= 4 is 23.9 Å². The van der Waals surface area contributed by atoms with E-state index in [-0.39, 0.29) is 24.6 Å². The number of rotatable bonds is 16. The first kappa shape index (κ1) is 40.1. The van der Waals surface area contributed by atoms with E-state index in [1.807, 2.05) is 44.2 Å². The summed E-state index contributed by atoms with van der Waals surface area (Å²) in [6.07, 6.45) is 3.05. The molecule has 0 saturated heterocycles. The van der Waals surface area contributed by atoms with Crippen LogP contribution in [0.5, 0.6) is 5.75 Å². The number of ether oxygens (including phenoxy) is 2. The van der Waals surface area contributed by atoms with E-state index in [1.54, 1.807) is 53.7 Å². The second-order valence-corrected chi connectivity index (χ2v) is 14.7. The van der Waals surface area contributed by atoms with Gasteiger partial charge in [0, 0.05) is 13.0 Å². The van der Waals surface area contributed by atoms with Crippen LogP contribution >= 0.6 is 0 Å². The second-order valence-electron chi connectivity index (χ2n) is 14.7. The molecule has 3 amide bonds. The number of alkyl carbamates (subject to hydrolysis) is 1. The lowest BCUT2D eigenvalue weighted by Crippen LogP contribution is -2.55. The molecular weight excluding hydrogens is 610 g/mol. The summed E-state index contributed by atoms with van der Waals surface area (Å²) >= 11 is 0. The van der Waals surface area contributed by atoms with E-state index < -0.39 is 53.2 Å². The normalized spacial score (nSPS) is 13.6.